The van der Waals surface area contributed by atoms with E-state index in [1.54, 1.807) is 0 Å². The molecular formula is C8H16N2O12P4. The van der Waals surface area contributed by atoms with Crippen LogP contribution in [0.4, 0.5) is 11.4 Å². The van der Waals surface area contributed by atoms with Crippen molar-refractivity contribution < 1.29 is 57.4 Å². The molecule has 0 spiro atoms. The van der Waals surface area contributed by atoms with E-state index in [9.17, 15) is 18.3 Å². The van der Waals surface area contributed by atoms with E-state index < -0.39 is 52.8 Å². The first-order valence-electron chi connectivity index (χ1n) is 6.27. The zero-order chi connectivity index (χ0) is 20.6. The van der Waals surface area contributed by atoms with Crippen LogP contribution in [0.5, 0.6) is 0 Å². The van der Waals surface area contributed by atoms with Crippen LogP contribution in [0.25, 0.3) is 0 Å². The Morgan fingerprint density at radius 2 is 0.808 bits per heavy atom. The van der Waals surface area contributed by atoms with Gasteiger partial charge in [0.05, 0.1) is 11.4 Å². The van der Waals surface area contributed by atoms with Crippen LogP contribution in [0.2, 0.25) is 0 Å². The van der Waals surface area contributed by atoms with Gasteiger partial charge >= 0.3 is 30.4 Å². The molecule has 1 aromatic carbocycles. The molecule has 0 aliphatic rings. The number of rotatable bonds is 8. The molecule has 0 amide bonds. The highest BCUT2D eigenvalue weighted by Crippen LogP contribution is 2.61. The van der Waals surface area contributed by atoms with Gasteiger partial charge in [-0.3, -0.25) is 18.3 Å². The molecule has 150 valence electrons. The molecule has 0 radical (unpaired) electrons. The maximum absolute atomic E-state index is 11.3. The second kappa shape index (κ2) is 7.81. The van der Waals surface area contributed by atoms with Crippen LogP contribution >= 0.6 is 30.4 Å². The lowest BCUT2D eigenvalue weighted by atomic mass is 10.2. The Bertz CT molecular complexity index is 722. The fourth-order valence-corrected chi connectivity index (χ4v) is 6.11. The van der Waals surface area contributed by atoms with Crippen molar-refractivity contribution in [2.24, 2.45) is 0 Å². The molecule has 1 rings (SSSR count). The number of para-hydroxylation sites is 2. The molecule has 0 unspecified atom stereocenters. The van der Waals surface area contributed by atoms with Gasteiger partial charge in [-0.2, -0.15) is 0 Å². The van der Waals surface area contributed by atoms with Gasteiger partial charge in [0.15, 0.2) is 0 Å². The smallest absolute Gasteiger partial charge is 0.360 e. The monoisotopic (exact) mass is 456 g/mol. The maximum Gasteiger partial charge on any atom is 0.360 e. The average molecular weight is 456 g/mol. The van der Waals surface area contributed by atoms with Crippen LogP contribution in [-0.4, -0.2) is 50.2 Å². The Labute approximate surface area is 145 Å². The van der Waals surface area contributed by atoms with E-state index in [0.717, 1.165) is 12.1 Å². The summed E-state index contributed by atoms with van der Waals surface area (Å²) in [6.07, 6.45) is 0. The van der Waals surface area contributed by atoms with E-state index in [2.05, 4.69) is 0 Å². The number of hydrogen-bond acceptors (Lipinski definition) is 6. The van der Waals surface area contributed by atoms with Crippen LogP contribution in [0.1, 0.15) is 0 Å². The second-order valence-electron chi connectivity index (χ2n) is 4.94. The molecule has 0 saturated carbocycles. The Kier molecular flexibility index (Phi) is 7.04. The van der Waals surface area contributed by atoms with Gasteiger partial charge in [-0.05, 0) is 12.1 Å². The van der Waals surface area contributed by atoms with Crippen LogP contribution in [0.3, 0.4) is 0 Å². The minimum atomic E-state index is -5.39. The van der Waals surface area contributed by atoms with Crippen LogP contribution in [-0.2, 0) is 18.3 Å². The molecule has 0 heterocycles. The summed E-state index contributed by atoms with van der Waals surface area (Å²) >= 11 is 0. The normalized spacial score (nSPS) is 13.9. The molecular weight excluding hydrogens is 440 g/mol. The minimum Gasteiger partial charge on any atom is -0.360 e. The largest absolute Gasteiger partial charge is 0.360 e. The summed E-state index contributed by atoms with van der Waals surface area (Å²) in [5.41, 5.74) is -6.34. The fraction of sp³-hybridized carbons (Fsp3) is 0.250. The molecule has 0 atom stereocenters. The fourth-order valence-electron chi connectivity index (χ4n) is 1.74. The molecule has 26 heavy (non-hydrogen) atoms. The van der Waals surface area contributed by atoms with Gasteiger partial charge < -0.3 is 49.8 Å². The average Bonchev–Trinajstić information content (AvgIpc) is 2.38. The first-order valence-corrected chi connectivity index (χ1v) is 13.0. The lowest BCUT2D eigenvalue weighted by Crippen LogP contribution is -2.23. The van der Waals surface area contributed by atoms with Crippen molar-refractivity contribution in [3.8, 4) is 0 Å². The Morgan fingerprint density at radius 1 is 0.577 bits per heavy atom. The van der Waals surface area contributed by atoms with Crippen molar-refractivity contribution in [3.63, 3.8) is 0 Å². The van der Waals surface area contributed by atoms with Gasteiger partial charge in [0.2, 0.25) is 11.0 Å². The lowest BCUT2D eigenvalue weighted by molar-refractivity contribution is 0.339. The number of nitrogens with one attached hydrogen (secondary N) is 2. The van der Waals surface area contributed by atoms with E-state index in [1.807, 2.05) is 10.6 Å². The van der Waals surface area contributed by atoms with Crippen LogP contribution in [0.15, 0.2) is 24.3 Å². The SMILES string of the molecule is O=P(O)(O)C(Nc1ccccc1NC(P(=O)(O)O)P(=O)(O)O)P(=O)(O)O. The van der Waals surface area contributed by atoms with Crippen molar-refractivity contribution in [3.05, 3.63) is 24.3 Å². The van der Waals surface area contributed by atoms with Gasteiger partial charge in [0, 0.05) is 0 Å². The molecule has 0 saturated heterocycles. The topological polar surface area (TPSA) is 254 Å². The molecule has 0 aliphatic heterocycles. The van der Waals surface area contributed by atoms with Gasteiger partial charge in [-0.15, -0.1) is 0 Å². The summed E-state index contributed by atoms with van der Waals surface area (Å²) in [6, 6.07) is 4.48. The van der Waals surface area contributed by atoms with E-state index in [0.29, 0.717) is 0 Å². The minimum absolute atomic E-state index is 0.476. The third-order valence-electron chi connectivity index (χ3n) is 2.77. The summed E-state index contributed by atoms with van der Waals surface area (Å²) in [7, 11) is -21.6. The zero-order valence-corrected chi connectivity index (χ0v) is 16.0. The Morgan fingerprint density at radius 3 is 1.00 bits per heavy atom. The number of hydrogen-bond donors (Lipinski definition) is 10. The third kappa shape index (κ3) is 6.54. The van der Waals surface area contributed by atoms with E-state index in [-0.39, 0.29) is 0 Å². The van der Waals surface area contributed by atoms with Crippen LogP contribution < -0.4 is 10.6 Å². The predicted molar refractivity (Wildman–Crippen MR) is 89.4 cm³/mol. The van der Waals surface area contributed by atoms with E-state index in [1.165, 1.54) is 12.1 Å². The van der Waals surface area contributed by atoms with Gasteiger partial charge in [0.1, 0.15) is 0 Å². The van der Waals surface area contributed by atoms with Gasteiger partial charge in [-0.25, -0.2) is 0 Å². The highest BCUT2D eigenvalue weighted by atomic mass is 31.2. The standard InChI is InChI=1S/C8H16N2O12P4/c11-23(12,13)7(24(14,15)16)9-5-3-1-2-4-6(5)10-8(25(17,18)19)26(20,21)22/h1-4,7-10H,(H2,11,12,13)(H2,14,15,16)(H2,17,18,19)(H2,20,21,22). The number of anilines is 2. The van der Waals surface area contributed by atoms with Crippen molar-refractivity contribution in [1.82, 2.24) is 0 Å². The molecule has 0 aliphatic carbocycles. The summed E-state index contributed by atoms with van der Waals surface area (Å²) in [5.74, 6) is 0. The summed E-state index contributed by atoms with van der Waals surface area (Å²) in [4.78, 5) is 72.7. The molecule has 14 nitrogen and oxygen atoms in total. The Hall–Kier alpha value is -0.580. The molecule has 10 N–H and O–H groups in total. The Balaban J connectivity index is 3.35. The van der Waals surface area contributed by atoms with E-state index >= 15 is 0 Å². The molecule has 0 fully saturated rings. The van der Waals surface area contributed by atoms with Crippen molar-refractivity contribution in [2.75, 3.05) is 10.6 Å². The maximum atomic E-state index is 11.3. The number of benzene rings is 1. The summed E-state index contributed by atoms with van der Waals surface area (Å²) in [6.45, 7) is 0. The summed E-state index contributed by atoms with van der Waals surface area (Å²) in [5, 5.41) is 3.68. The van der Waals surface area contributed by atoms with Crippen molar-refractivity contribution in [1.29, 1.82) is 0 Å². The van der Waals surface area contributed by atoms with Crippen molar-refractivity contribution in [2.45, 2.75) is 11.0 Å². The third-order valence-corrected chi connectivity index (χ3v) is 9.45. The first kappa shape index (κ1) is 23.5. The van der Waals surface area contributed by atoms with Gasteiger partial charge in [-0.1, -0.05) is 12.1 Å². The quantitative estimate of drug-likeness (QED) is 0.227. The highest BCUT2D eigenvalue weighted by molar-refractivity contribution is 7.71. The molecule has 1 aromatic rings. The molecule has 0 aromatic heterocycles. The molecule has 0 bridgehead atoms. The van der Waals surface area contributed by atoms with E-state index in [4.69, 9.17) is 39.1 Å². The zero-order valence-electron chi connectivity index (χ0n) is 12.5. The lowest BCUT2D eigenvalue weighted by Gasteiger charge is -2.26. The predicted octanol–water partition coefficient (Wildman–Crippen LogP) is -0.212. The highest BCUT2D eigenvalue weighted by Gasteiger charge is 2.45. The second-order valence-corrected chi connectivity index (χ2v) is 12.5. The van der Waals surface area contributed by atoms with Crippen molar-refractivity contribution >= 4 is 41.8 Å². The van der Waals surface area contributed by atoms with Crippen LogP contribution in [0, 0.1) is 0 Å². The van der Waals surface area contributed by atoms with Gasteiger partial charge in [0.25, 0.3) is 0 Å². The first-order chi connectivity index (χ1) is 11.4. The molecule has 18 heteroatoms. The summed E-state index contributed by atoms with van der Waals surface area (Å²) < 4.78 is 45.2.